The summed E-state index contributed by atoms with van der Waals surface area (Å²) in [6.07, 6.45) is 2.71. The zero-order valence-electron chi connectivity index (χ0n) is 5.56. The fourth-order valence-corrected chi connectivity index (χ4v) is 1.16. The molecule has 1 rings (SSSR count). The van der Waals surface area contributed by atoms with Crippen LogP contribution >= 0.6 is 23.7 Å². The topological polar surface area (TPSA) is 37.3 Å². The lowest BCUT2D eigenvalue weighted by atomic mass is 10.4. The SMILES string of the molecule is Cl.O=C(O)C=Cc1cccs1. The minimum atomic E-state index is -0.909. The Bertz CT molecular complexity index is 241. The quantitative estimate of drug-likeness (QED) is 0.727. The van der Waals surface area contributed by atoms with E-state index in [9.17, 15) is 4.79 Å². The van der Waals surface area contributed by atoms with E-state index in [2.05, 4.69) is 0 Å². The van der Waals surface area contributed by atoms with Crippen molar-refractivity contribution in [1.82, 2.24) is 0 Å². The van der Waals surface area contributed by atoms with E-state index in [1.54, 1.807) is 6.08 Å². The van der Waals surface area contributed by atoms with E-state index in [-0.39, 0.29) is 12.4 Å². The summed E-state index contributed by atoms with van der Waals surface area (Å²) in [5.41, 5.74) is 0. The van der Waals surface area contributed by atoms with Crippen LogP contribution in [-0.2, 0) is 4.79 Å². The lowest BCUT2D eigenvalue weighted by molar-refractivity contribution is -0.131. The van der Waals surface area contributed by atoms with Crippen molar-refractivity contribution in [2.45, 2.75) is 0 Å². The maximum Gasteiger partial charge on any atom is 0.328 e. The molecule has 0 radical (unpaired) electrons. The zero-order valence-corrected chi connectivity index (χ0v) is 7.19. The summed E-state index contributed by atoms with van der Waals surface area (Å²) in [4.78, 5) is 11.0. The molecule has 1 heterocycles. The Kier molecular flexibility index (Phi) is 4.57. The minimum absolute atomic E-state index is 0. The second kappa shape index (κ2) is 4.93. The molecule has 0 aliphatic rings. The van der Waals surface area contributed by atoms with Gasteiger partial charge in [-0.05, 0) is 17.5 Å². The Morgan fingerprint density at radius 3 is 2.82 bits per heavy atom. The highest BCUT2D eigenvalue weighted by Crippen LogP contribution is 2.09. The number of carboxylic acids is 1. The lowest BCUT2D eigenvalue weighted by Gasteiger charge is -1.78. The highest BCUT2D eigenvalue weighted by Gasteiger charge is 1.87. The van der Waals surface area contributed by atoms with E-state index in [1.165, 1.54) is 11.3 Å². The van der Waals surface area contributed by atoms with Crippen molar-refractivity contribution in [2.75, 3.05) is 0 Å². The number of aliphatic carboxylic acids is 1. The van der Waals surface area contributed by atoms with Gasteiger partial charge in [-0.25, -0.2) is 4.79 Å². The predicted octanol–water partition coefficient (Wildman–Crippen LogP) is 2.27. The van der Waals surface area contributed by atoms with Crippen LogP contribution in [0.15, 0.2) is 23.6 Å². The van der Waals surface area contributed by atoms with Crippen molar-refractivity contribution >= 4 is 35.8 Å². The van der Waals surface area contributed by atoms with Crippen molar-refractivity contribution in [3.8, 4) is 0 Å². The first kappa shape index (κ1) is 10.2. The molecule has 4 heteroatoms. The predicted molar refractivity (Wildman–Crippen MR) is 48.2 cm³/mol. The average molecular weight is 191 g/mol. The Morgan fingerprint density at radius 1 is 1.64 bits per heavy atom. The van der Waals surface area contributed by atoms with Crippen LogP contribution in [0.25, 0.3) is 6.08 Å². The molecule has 0 aliphatic heterocycles. The molecule has 1 N–H and O–H groups in total. The van der Waals surface area contributed by atoms with Gasteiger partial charge < -0.3 is 5.11 Å². The number of rotatable bonds is 2. The number of hydrogen-bond acceptors (Lipinski definition) is 2. The minimum Gasteiger partial charge on any atom is -0.478 e. The number of halogens is 1. The monoisotopic (exact) mass is 190 g/mol. The van der Waals surface area contributed by atoms with Crippen molar-refractivity contribution < 1.29 is 9.90 Å². The molecule has 0 unspecified atom stereocenters. The van der Waals surface area contributed by atoms with Crippen molar-refractivity contribution in [1.29, 1.82) is 0 Å². The van der Waals surface area contributed by atoms with Gasteiger partial charge in [0.15, 0.2) is 0 Å². The highest BCUT2D eigenvalue weighted by molar-refractivity contribution is 7.10. The molecule has 11 heavy (non-hydrogen) atoms. The van der Waals surface area contributed by atoms with E-state index in [4.69, 9.17) is 5.11 Å². The second-order valence-electron chi connectivity index (χ2n) is 1.69. The summed E-state index contributed by atoms with van der Waals surface area (Å²) >= 11 is 1.51. The second-order valence-corrected chi connectivity index (χ2v) is 2.67. The molecular formula is C7H7ClO2S. The van der Waals surface area contributed by atoms with Crippen LogP contribution < -0.4 is 0 Å². The van der Waals surface area contributed by atoms with Gasteiger partial charge in [-0.2, -0.15) is 0 Å². The molecule has 0 saturated heterocycles. The molecule has 1 aromatic rings. The summed E-state index contributed by atoms with van der Waals surface area (Å²) in [7, 11) is 0. The van der Waals surface area contributed by atoms with Crippen LogP contribution in [0.4, 0.5) is 0 Å². The molecule has 0 bridgehead atoms. The van der Waals surface area contributed by atoms with Crippen molar-refractivity contribution in [3.05, 3.63) is 28.5 Å². The Labute approximate surface area is 74.6 Å². The Morgan fingerprint density at radius 2 is 2.36 bits per heavy atom. The first-order valence-corrected chi connectivity index (χ1v) is 3.61. The fourth-order valence-electron chi connectivity index (χ4n) is 0.540. The van der Waals surface area contributed by atoms with Gasteiger partial charge in [0, 0.05) is 11.0 Å². The summed E-state index contributed by atoms with van der Waals surface area (Å²) in [6.45, 7) is 0. The summed E-state index contributed by atoms with van der Waals surface area (Å²) < 4.78 is 0. The van der Waals surface area contributed by atoms with Gasteiger partial charge in [-0.15, -0.1) is 23.7 Å². The summed E-state index contributed by atoms with van der Waals surface area (Å²) in [5.74, 6) is -0.909. The van der Waals surface area contributed by atoms with Crippen molar-refractivity contribution in [2.24, 2.45) is 0 Å². The first-order valence-electron chi connectivity index (χ1n) is 2.73. The van der Waals surface area contributed by atoms with Crippen LogP contribution in [-0.4, -0.2) is 11.1 Å². The molecule has 0 fully saturated rings. The highest BCUT2D eigenvalue weighted by atomic mass is 35.5. The molecule has 0 aliphatic carbocycles. The van der Waals surface area contributed by atoms with E-state index in [0.29, 0.717) is 0 Å². The Hall–Kier alpha value is -0.800. The lowest BCUT2D eigenvalue weighted by Crippen LogP contribution is -1.84. The van der Waals surface area contributed by atoms with Gasteiger partial charge in [0.05, 0.1) is 0 Å². The Balaban J connectivity index is 0.000001000. The maximum absolute atomic E-state index is 10.0. The number of hydrogen-bond donors (Lipinski definition) is 1. The van der Waals surface area contributed by atoms with Crippen LogP contribution in [0.2, 0.25) is 0 Å². The van der Waals surface area contributed by atoms with Crippen LogP contribution in [0.1, 0.15) is 4.88 Å². The molecule has 0 atom stereocenters. The van der Waals surface area contributed by atoms with E-state index in [1.807, 2.05) is 17.5 Å². The fraction of sp³-hybridized carbons (Fsp3) is 0. The van der Waals surface area contributed by atoms with Crippen LogP contribution in [0, 0.1) is 0 Å². The van der Waals surface area contributed by atoms with Crippen LogP contribution in [0.5, 0.6) is 0 Å². The van der Waals surface area contributed by atoms with Gasteiger partial charge in [-0.1, -0.05) is 6.07 Å². The molecule has 1 aromatic heterocycles. The normalized spacial score (nSPS) is 9.45. The third-order valence-electron chi connectivity index (χ3n) is 0.933. The maximum atomic E-state index is 10.0. The van der Waals surface area contributed by atoms with E-state index >= 15 is 0 Å². The van der Waals surface area contributed by atoms with E-state index < -0.39 is 5.97 Å². The van der Waals surface area contributed by atoms with E-state index in [0.717, 1.165) is 11.0 Å². The number of carbonyl (C=O) groups is 1. The van der Waals surface area contributed by atoms with Gasteiger partial charge in [0.1, 0.15) is 0 Å². The van der Waals surface area contributed by atoms with Crippen LogP contribution in [0.3, 0.4) is 0 Å². The number of carboxylic acid groups (broad SMARTS) is 1. The molecular weight excluding hydrogens is 184 g/mol. The van der Waals surface area contributed by atoms with Gasteiger partial charge in [0.25, 0.3) is 0 Å². The zero-order chi connectivity index (χ0) is 7.40. The molecule has 2 nitrogen and oxygen atoms in total. The molecule has 60 valence electrons. The van der Waals surface area contributed by atoms with Gasteiger partial charge in [0.2, 0.25) is 0 Å². The number of thiophene rings is 1. The van der Waals surface area contributed by atoms with Crippen molar-refractivity contribution in [3.63, 3.8) is 0 Å². The first-order chi connectivity index (χ1) is 4.79. The van der Waals surface area contributed by atoms with Gasteiger partial charge in [-0.3, -0.25) is 0 Å². The third kappa shape index (κ3) is 3.80. The molecule has 0 aromatic carbocycles. The van der Waals surface area contributed by atoms with Gasteiger partial charge >= 0.3 is 5.97 Å². The summed E-state index contributed by atoms with van der Waals surface area (Å²) in [6, 6.07) is 3.75. The third-order valence-corrected chi connectivity index (χ3v) is 1.77. The average Bonchev–Trinajstić information content (AvgIpc) is 2.34. The largest absolute Gasteiger partial charge is 0.478 e. The molecule has 0 spiro atoms. The molecule has 0 amide bonds. The smallest absolute Gasteiger partial charge is 0.328 e. The summed E-state index contributed by atoms with van der Waals surface area (Å²) in [5, 5.41) is 10.1. The standard InChI is InChI=1S/C7H6O2S.ClH/c8-7(9)4-3-6-2-1-5-10-6;/h1-5H,(H,8,9);1H. The molecule has 0 saturated carbocycles.